The molecule has 0 N–H and O–H groups in total. The number of rotatable bonds is 4. The summed E-state index contributed by atoms with van der Waals surface area (Å²) in [6, 6.07) is 16.0. The van der Waals surface area contributed by atoms with Crippen molar-refractivity contribution in [3.63, 3.8) is 0 Å². The molecule has 0 aliphatic rings. The predicted molar refractivity (Wildman–Crippen MR) is 88.5 cm³/mol. The summed E-state index contributed by atoms with van der Waals surface area (Å²) >= 11 is 0. The van der Waals surface area contributed by atoms with E-state index >= 15 is 0 Å². The molecule has 23 heavy (non-hydrogen) atoms. The number of ether oxygens (including phenoxy) is 2. The Kier molecular flexibility index (Phi) is 4.10. The summed E-state index contributed by atoms with van der Waals surface area (Å²) in [7, 11) is 2.80. The van der Waals surface area contributed by atoms with Gasteiger partial charge in [-0.15, -0.1) is 0 Å². The maximum absolute atomic E-state index is 12.0. The number of benzene rings is 2. The molecule has 5 heteroatoms. The van der Waals surface area contributed by atoms with Crippen LogP contribution in [0.15, 0.2) is 61.0 Å². The lowest BCUT2D eigenvalue weighted by Crippen LogP contribution is -2.12. The molecule has 0 atom stereocenters. The van der Waals surface area contributed by atoms with Gasteiger partial charge in [-0.2, -0.15) is 5.10 Å². The normalized spacial score (nSPS) is 11.5. The summed E-state index contributed by atoms with van der Waals surface area (Å²) in [6.07, 6.45) is 3.03. The van der Waals surface area contributed by atoms with E-state index in [4.69, 9.17) is 9.47 Å². The van der Waals surface area contributed by atoms with Crippen LogP contribution in [0, 0.1) is 0 Å². The van der Waals surface area contributed by atoms with Gasteiger partial charge in [0.25, 0.3) is 0 Å². The SMILES string of the molecule is CO/C=C(/C(=O)OC)n1ncc2ccc(-c3ccccc3)cc21. The highest BCUT2D eigenvalue weighted by atomic mass is 16.5. The van der Waals surface area contributed by atoms with Crippen LogP contribution in [0.3, 0.4) is 0 Å². The Morgan fingerprint density at radius 1 is 1.09 bits per heavy atom. The lowest BCUT2D eigenvalue weighted by atomic mass is 10.0. The summed E-state index contributed by atoms with van der Waals surface area (Å²) in [5, 5.41) is 5.21. The quantitative estimate of drug-likeness (QED) is 0.421. The third kappa shape index (κ3) is 2.81. The van der Waals surface area contributed by atoms with E-state index in [1.165, 1.54) is 25.2 Å². The van der Waals surface area contributed by atoms with Crippen molar-refractivity contribution in [2.45, 2.75) is 0 Å². The van der Waals surface area contributed by atoms with Gasteiger partial charge in [0.1, 0.15) is 6.26 Å². The zero-order valence-corrected chi connectivity index (χ0v) is 12.9. The first-order valence-electron chi connectivity index (χ1n) is 7.09. The fourth-order valence-electron chi connectivity index (χ4n) is 2.42. The number of aromatic nitrogens is 2. The lowest BCUT2D eigenvalue weighted by Gasteiger charge is -2.08. The van der Waals surface area contributed by atoms with Crippen LogP contribution >= 0.6 is 0 Å². The Morgan fingerprint density at radius 2 is 1.87 bits per heavy atom. The topological polar surface area (TPSA) is 53.4 Å². The Morgan fingerprint density at radius 3 is 2.57 bits per heavy atom. The molecule has 0 aliphatic heterocycles. The number of carbonyl (C=O) groups excluding carboxylic acids is 1. The van der Waals surface area contributed by atoms with Crippen molar-refractivity contribution < 1.29 is 14.3 Å². The Bertz CT molecular complexity index is 866. The minimum absolute atomic E-state index is 0.218. The largest absolute Gasteiger partial charge is 0.502 e. The van der Waals surface area contributed by atoms with Gasteiger partial charge in [-0.1, -0.05) is 42.5 Å². The second-order valence-electron chi connectivity index (χ2n) is 4.93. The zero-order chi connectivity index (χ0) is 16.2. The van der Waals surface area contributed by atoms with Gasteiger partial charge in [-0.3, -0.25) is 0 Å². The van der Waals surface area contributed by atoms with E-state index in [2.05, 4.69) is 5.10 Å². The standard InChI is InChI=1S/C18H16N2O3/c1-22-12-17(18(21)23-2)20-16-10-14(8-9-15(16)11-19-20)13-6-4-3-5-7-13/h3-12H,1-2H3/b17-12-. The van der Waals surface area contributed by atoms with E-state index in [1.807, 2.05) is 48.5 Å². The molecule has 5 nitrogen and oxygen atoms in total. The van der Waals surface area contributed by atoms with Gasteiger partial charge < -0.3 is 9.47 Å². The molecule has 0 bridgehead atoms. The number of nitrogens with zero attached hydrogens (tertiary/aromatic N) is 2. The Balaban J connectivity index is 2.15. The first kappa shape index (κ1) is 14.8. The van der Waals surface area contributed by atoms with Crippen LogP contribution in [-0.2, 0) is 14.3 Å². The number of methoxy groups -OCH3 is 2. The highest BCUT2D eigenvalue weighted by Crippen LogP contribution is 2.26. The summed E-state index contributed by atoms with van der Waals surface area (Å²) in [5.41, 5.74) is 3.16. The molecule has 0 saturated heterocycles. The van der Waals surface area contributed by atoms with E-state index < -0.39 is 5.97 Å². The number of hydrogen-bond acceptors (Lipinski definition) is 4. The van der Waals surface area contributed by atoms with Gasteiger partial charge in [0.05, 0.1) is 25.9 Å². The van der Waals surface area contributed by atoms with Crippen LogP contribution in [0.25, 0.3) is 27.7 Å². The van der Waals surface area contributed by atoms with Crippen molar-refractivity contribution in [2.75, 3.05) is 14.2 Å². The molecule has 1 aromatic heterocycles. The van der Waals surface area contributed by atoms with Gasteiger partial charge in [0.2, 0.25) is 0 Å². The predicted octanol–water partition coefficient (Wildman–Crippen LogP) is 3.32. The van der Waals surface area contributed by atoms with Crippen LogP contribution in [0.4, 0.5) is 0 Å². The van der Waals surface area contributed by atoms with Crippen LogP contribution in [0.1, 0.15) is 0 Å². The van der Waals surface area contributed by atoms with Gasteiger partial charge in [0.15, 0.2) is 5.70 Å². The molecule has 0 aliphatic carbocycles. The van der Waals surface area contributed by atoms with Crippen LogP contribution in [0.5, 0.6) is 0 Å². The minimum atomic E-state index is -0.512. The monoisotopic (exact) mass is 308 g/mol. The molecule has 116 valence electrons. The van der Waals surface area contributed by atoms with Crippen molar-refractivity contribution >= 4 is 22.6 Å². The molecular formula is C18H16N2O3. The second-order valence-corrected chi connectivity index (χ2v) is 4.93. The van der Waals surface area contributed by atoms with Crippen molar-refractivity contribution in [3.8, 4) is 11.1 Å². The van der Waals surface area contributed by atoms with Gasteiger partial charge >= 0.3 is 5.97 Å². The van der Waals surface area contributed by atoms with Crippen molar-refractivity contribution in [3.05, 3.63) is 61.0 Å². The Labute approximate surface area is 133 Å². The second kappa shape index (κ2) is 6.36. The van der Waals surface area contributed by atoms with Crippen LogP contribution < -0.4 is 0 Å². The molecule has 0 amide bonds. The maximum Gasteiger partial charge on any atom is 0.359 e. The lowest BCUT2D eigenvalue weighted by molar-refractivity contribution is -0.134. The van der Waals surface area contributed by atoms with E-state index in [0.717, 1.165) is 22.0 Å². The van der Waals surface area contributed by atoms with E-state index in [9.17, 15) is 4.79 Å². The molecule has 0 unspecified atom stereocenters. The summed E-state index contributed by atoms with van der Waals surface area (Å²) in [5.74, 6) is -0.512. The molecule has 0 fully saturated rings. The highest BCUT2D eigenvalue weighted by molar-refractivity contribution is 6.11. The maximum atomic E-state index is 12.0. The van der Waals surface area contributed by atoms with Crippen LogP contribution in [0.2, 0.25) is 0 Å². The summed E-state index contributed by atoms with van der Waals surface area (Å²) < 4.78 is 11.3. The van der Waals surface area contributed by atoms with E-state index in [1.54, 1.807) is 6.20 Å². The minimum Gasteiger partial charge on any atom is -0.502 e. The van der Waals surface area contributed by atoms with E-state index in [-0.39, 0.29) is 5.70 Å². The zero-order valence-electron chi connectivity index (χ0n) is 12.9. The summed E-state index contributed by atoms with van der Waals surface area (Å²) in [6.45, 7) is 0. The van der Waals surface area contributed by atoms with Crippen LogP contribution in [-0.4, -0.2) is 30.0 Å². The fourth-order valence-corrected chi connectivity index (χ4v) is 2.42. The molecule has 3 rings (SSSR count). The number of esters is 1. The summed E-state index contributed by atoms with van der Waals surface area (Å²) in [4.78, 5) is 12.0. The van der Waals surface area contributed by atoms with Gasteiger partial charge in [-0.25, -0.2) is 9.48 Å². The first-order valence-corrected chi connectivity index (χ1v) is 7.09. The van der Waals surface area contributed by atoms with Crippen molar-refractivity contribution in [1.29, 1.82) is 0 Å². The number of carbonyl (C=O) groups is 1. The molecule has 1 heterocycles. The third-order valence-corrected chi connectivity index (χ3v) is 3.53. The van der Waals surface area contributed by atoms with Crippen molar-refractivity contribution in [1.82, 2.24) is 9.78 Å². The Hall–Kier alpha value is -3.08. The molecule has 0 radical (unpaired) electrons. The van der Waals surface area contributed by atoms with Gasteiger partial charge in [-0.05, 0) is 17.2 Å². The third-order valence-electron chi connectivity index (χ3n) is 3.53. The molecule has 3 aromatic rings. The molecule has 2 aromatic carbocycles. The van der Waals surface area contributed by atoms with E-state index in [0.29, 0.717) is 0 Å². The smallest absolute Gasteiger partial charge is 0.359 e. The van der Waals surface area contributed by atoms with Crippen molar-refractivity contribution in [2.24, 2.45) is 0 Å². The molecule has 0 saturated carbocycles. The number of fused-ring (bicyclic) bond motifs is 1. The first-order chi connectivity index (χ1) is 11.2. The van der Waals surface area contributed by atoms with Gasteiger partial charge in [0, 0.05) is 5.39 Å². The average molecular weight is 308 g/mol. The number of hydrogen-bond donors (Lipinski definition) is 0. The fraction of sp³-hybridized carbons (Fsp3) is 0.111. The highest BCUT2D eigenvalue weighted by Gasteiger charge is 2.17. The molecule has 0 spiro atoms. The molecular weight excluding hydrogens is 292 g/mol. The average Bonchev–Trinajstić information content (AvgIpc) is 3.02.